The zero-order chi connectivity index (χ0) is 31.3. The second kappa shape index (κ2) is 9.56. The topological polar surface area (TPSA) is 51.2 Å². The molecule has 0 amide bonds. The Morgan fingerprint density at radius 1 is 0.438 bits per heavy atom. The molecule has 0 atom stereocenters. The Bertz CT molecular complexity index is 2570. The maximum Gasteiger partial charge on any atom is 0.151 e. The van der Waals surface area contributed by atoms with Gasteiger partial charge in [0.15, 0.2) is 23.0 Å². The van der Waals surface area contributed by atoms with Crippen molar-refractivity contribution in [1.29, 1.82) is 0 Å². The Kier molecular flexibility index (Phi) is 5.13. The summed E-state index contributed by atoms with van der Waals surface area (Å²) in [4.78, 5) is 4.59. The third-order valence-corrected chi connectivity index (χ3v) is 9.71. The summed E-state index contributed by atoms with van der Waals surface area (Å²) in [7, 11) is 0. The molecule has 2 aliphatic heterocycles. The fourth-order valence-corrected chi connectivity index (χ4v) is 7.56. The molecule has 48 heavy (non-hydrogen) atoms. The highest BCUT2D eigenvalue weighted by Crippen LogP contribution is 2.52. The molecule has 3 aliphatic rings. The number of hydrogen-bond acceptors (Lipinski definition) is 6. The first-order valence-corrected chi connectivity index (χ1v) is 16.2. The Hall–Kier alpha value is -6.40. The second-order valence-corrected chi connectivity index (χ2v) is 12.4. The van der Waals surface area contributed by atoms with Gasteiger partial charge in [0.2, 0.25) is 0 Å². The lowest BCUT2D eigenvalue weighted by molar-refractivity contribution is 0.474. The summed E-state index contributed by atoms with van der Waals surface area (Å²) in [6.45, 7) is 0. The fourth-order valence-electron chi connectivity index (χ4n) is 7.56. The molecule has 2 aromatic heterocycles. The molecule has 0 unspecified atom stereocenters. The smallest absolute Gasteiger partial charge is 0.151 e. The lowest BCUT2D eigenvalue weighted by Gasteiger charge is -2.35. The van der Waals surface area contributed by atoms with E-state index in [1.165, 1.54) is 5.70 Å². The van der Waals surface area contributed by atoms with Crippen LogP contribution in [0.3, 0.4) is 0 Å². The number of allylic oxidation sites excluding steroid dienone is 1. The quantitative estimate of drug-likeness (QED) is 0.191. The largest absolute Gasteiger partial charge is 0.460 e. The zero-order valence-corrected chi connectivity index (χ0v) is 25.6. The van der Waals surface area contributed by atoms with Crippen LogP contribution in [0.1, 0.15) is 17.7 Å². The normalized spacial score (nSPS) is 14.5. The Balaban J connectivity index is 1.05. The third kappa shape index (κ3) is 3.62. The second-order valence-electron chi connectivity index (χ2n) is 12.4. The van der Waals surface area contributed by atoms with E-state index in [1.807, 2.05) is 60.7 Å². The summed E-state index contributed by atoms with van der Waals surface area (Å²) in [6, 6.07) is 43.4. The molecule has 228 valence electrons. The van der Waals surface area contributed by atoms with Gasteiger partial charge in [-0.15, -0.1) is 0 Å². The van der Waals surface area contributed by atoms with E-state index in [-0.39, 0.29) is 0 Å². The van der Waals surface area contributed by atoms with E-state index >= 15 is 0 Å². The van der Waals surface area contributed by atoms with E-state index in [0.717, 1.165) is 109 Å². The fraction of sp³-hybridized carbons (Fsp3) is 0.0476. The molecule has 0 radical (unpaired) electrons. The summed E-state index contributed by atoms with van der Waals surface area (Å²) >= 11 is 0. The molecule has 1 aliphatic carbocycles. The molecule has 0 spiro atoms. The van der Waals surface area contributed by atoms with Gasteiger partial charge in [-0.25, -0.2) is 0 Å². The van der Waals surface area contributed by atoms with Gasteiger partial charge in [0, 0.05) is 39.5 Å². The number of rotatable bonds is 2. The number of aryl methyl sites for hydroxylation is 1. The van der Waals surface area contributed by atoms with Gasteiger partial charge in [-0.05, 0) is 91.4 Å². The van der Waals surface area contributed by atoms with E-state index in [4.69, 9.17) is 18.3 Å². The predicted molar refractivity (Wildman–Crippen MR) is 190 cm³/mol. The number of para-hydroxylation sites is 8. The number of ether oxygens (including phenoxy) is 2. The van der Waals surface area contributed by atoms with E-state index in [2.05, 4.69) is 82.6 Å². The summed E-state index contributed by atoms with van der Waals surface area (Å²) in [6.07, 6.45) is 3.93. The van der Waals surface area contributed by atoms with Gasteiger partial charge in [-0.3, -0.25) is 0 Å². The van der Waals surface area contributed by atoms with Gasteiger partial charge < -0.3 is 28.1 Å². The molecule has 4 heterocycles. The van der Waals surface area contributed by atoms with Crippen LogP contribution in [0.4, 0.5) is 28.4 Å². The van der Waals surface area contributed by atoms with E-state index in [1.54, 1.807) is 0 Å². The van der Waals surface area contributed by atoms with Crippen molar-refractivity contribution in [2.75, 3.05) is 9.80 Å². The van der Waals surface area contributed by atoms with Crippen LogP contribution >= 0.6 is 0 Å². The lowest BCUT2D eigenvalue weighted by atomic mass is 9.97. The first-order valence-electron chi connectivity index (χ1n) is 16.2. The van der Waals surface area contributed by atoms with Gasteiger partial charge in [-0.2, -0.15) is 0 Å². The summed E-state index contributed by atoms with van der Waals surface area (Å²) in [5, 5.41) is 3.12. The Morgan fingerprint density at radius 3 is 1.58 bits per heavy atom. The molecular weight excluding hydrogens is 596 g/mol. The van der Waals surface area contributed by atoms with Crippen LogP contribution < -0.4 is 19.3 Å². The highest BCUT2D eigenvalue weighted by atomic mass is 16.5. The average Bonchev–Trinajstić information content (AvgIpc) is 3.68. The molecule has 6 nitrogen and oxygen atoms in total. The highest BCUT2D eigenvalue weighted by molar-refractivity contribution is 6.12. The monoisotopic (exact) mass is 622 g/mol. The van der Waals surface area contributed by atoms with E-state index < -0.39 is 0 Å². The van der Waals surface area contributed by atoms with Crippen LogP contribution in [0, 0.1) is 0 Å². The number of benzene rings is 6. The minimum atomic E-state index is 0.805. The molecule has 6 heteroatoms. The maximum absolute atomic E-state index is 6.57. The van der Waals surface area contributed by atoms with Crippen molar-refractivity contribution in [2.45, 2.75) is 12.8 Å². The van der Waals surface area contributed by atoms with Crippen LogP contribution in [0.15, 0.2) is 142 Å². The predicted octanol–water partition coefficient (Wildman–Crippen LogP) is 12.1. The van der Waals surface area contributed by atoms with Crippen LogP contribution in [-0.4, -0.2) is 0 Å². The number of nitrogens with zero attached hydrogens (tertiary/aromatic N) is 2. The lowest BCUT2D eigenvalue weighted by Crippen LogP contribution is -2.22. The SMILES string of the molecule is C1=C(N2c3ccccc3Oc3ccccc32)CCc2oc3cc4c(cc3c21)oc1ccc(N2c3ccccc3Oc3ccccc32)cc14. The van der Waals surface area contributed by atoms with Gasteiger partial charge in [0.05, 0.1) is 22.7 Å². The first-order chi connectivity index (χ1) is 23.8. The minimum absolute atomic E-state index is 0.805. The van der Waals surface area contributed by atoms with Crippen molar-refractivity contribution in [2.24, 2.45) is 0 Å². The van der Waals surface area contributed by atoms with Crippen LogP contribution in [0.25, 0.3) is 39.0 Å². The summed E-state index contributed by atoms with van der Waals surface area (Å²) in [5.74, 6) is 4.36. The van der Waals surface area contributed by atoms with Gasteiger partial charge >= 0.3 is 0 Å². The van der Waals surface area contributed by atoms with Crippen molar-refractivity contribution in [3.05, 3.63) is 144 Å². The van der Waals surface area contributed by atoms with Gasteiger partial charge in [0.25, 0.3) is 0 Å². The van der Waals surface area contributed by atoms with Crippen LogP contribution in [-0.2, 0) is 6.42 Å². The molecule has 0 saturated heterocycles. The molecule has 11 rings (SSSR count). The molecule has 0 N–H and O–H groups in total. The van der Waals surface area contributed by atoms with Crippen molar-refractivity contribution in [1.82, 2.24) is 0 Å². The van der Waals surface area contributed by atoms with Gasteiger partial charge in [0.1, 0.15) is 22.5 Å². The molecule has 0 fully saturated rings. The molecular formula is C42H26N2O4. The highest BCUT2D eigenvalue weighted by Gasteiger charge is 2.30. The van der Waals surface area contributed by atoms with Crippen molar-refractivity contribution >= 4 is 67.4 Å². The molecule has 0 bridgehead atoms. The van der Waals surface area contributed by atoms with Crippen molar-refractivity contribution in [3.63, 3.8) is 0 Å². The van der Waals surface area contributed by atoms with E-state index in [9.17, 15) is 0 Å². The van der Waals surface area contributed by atoms with E-state index in [0.29, 0.717) is 0 Å². The number of hydrogen-bond donors (Lipinski definition) is 0. The zero-order valence-electron chi connectivity index (χ0n) is 25.6. The standard InChI is InChI=1S/C42H26N2O4/c1-5-13-37-31(9-1)43(32-10-2-6-14-38(32)47-37)25-17-19-35-27(21-25)29-23-42-30(24-41(29)45-35)28-22-26(18-20-36(28)46-42)44-33-11-3-7-15-39(33)48-40-16-8-4-12-34(40)44/h1-17,19,21-24H,18,20H2. The van der Waals surface area contributed by atoms with Crippen molar-refractivity contribution < 1.29 is 18.3 Å². The first kappa shape index (κ1) is 25.8. The van der Waals surface area contributed by atoms with Crippen molar-refractivity contribution in [3.8, 4) is 23.0 Å². The van der Waals surface area contributed by atoms with Crippen LogP contribution in [0.5, 0.6) is 23.0 Å². The van der Waals surface area contributed by atoms with Crippen LogP contribution in [0.2, 0.25) is 0 Å². The molecule has 8 aromatic rings. The molecule has 6 aromatic carbocycles. The number of anilines is 5. The Morgan fingerprint density at radius 2 is 0.958 bits per heavy atom. The average molecular weight is 623 g/mol. The number of fused-ring (bicyclic) bond motifs is 10. The maximum atomic E-state index is 6.57. The third-order valence-electron chi connectivity index (χ3n) is 9.71. The minimum Gasteiger partial charge on any atom is -0.460 e. The summed E-state index contributed by atoms with van der Waals surface area (Å²) < 4.78 is 25.6. The van der Waals surface area contributed by atoms with Gasteiger partial charge in [-0.1, -0.05) is 48.5 Å². The summed E-state index contributed by atoms with van der Waals surface area (Å²) in [5.41, 5.74) is 9.96. The Labute approximate surface area is 275 Å². The molecule has 0 saturated carbocycles. The number of furan rings is 2.